The van der Waals surface area contributed by atoms with E-state index in [-0.39, 0.29) is 6.99 Å². The van der Waals surface area contributed by atoms with Gasteiger partial charge in [0.05, 0.1) is 5.69 Å². The molecule has 0 saturated heterocycles. The first-order valence-corrected chi connectivity index (χ1v) is 4.96. The number of aromatic amines is 1. The lowest BCUT2D eigenvalue weighted by atomic mass is 10.2. The first-order valence-electron chi connectivity index (χ1n) is 4.96. The Balaban J connectivity index is 0.000000711. The molecular formula is C12H16N2O. The van der Waals surface area contributed by atoms with Gasteiger partial charge in [0.15, 0.2) is 0 Å². The van der Waals surface area contributed by atoms with Crippen LogP contribution in [0.5, 0.6) is 0 Å². The third-order valence-electron chi connectivity index (χ3n) is 1.74. The van der Waals surface area contributed by atoms with Crippen molar-refractivity contribution in [3.8, 4) is 11.3 Å². The van der Waals surface area contributed by atoms with Crippen molar-refractivity contribution in [1.82, 2.24) is 9.97 Å². The van der Waals surface area contributed by atoms with Crippen LogP contribution in [0.2, 0.25) is 0 Å². The van der Waals surface area contributed by atoms with Gasteiger partial charge in [-0.3, -0.25) is 9.78 Å². The van der Waals surface area contributed by atoms with Gasteiger partial charge in [-0.15, -0.1) is 0 Å². The summed E-state index contributed by atoms with van der Waals surface area (Å²) in [6, 6.07) is 8.90. The van der Waals surface area contributed by atoms with E-state index in [4.69, 9.17) is 0 Å². The molecule has 0 saturated carbocycles. The number of pyridine rings is 2. The van der Waals surface area contributed by atoms with Crippen molar-refractivity contribution in [2.24, 2.45) is 0 Å². The molecule has 1 N–H and O–H groups in total. The summed E-state index contributed by atoms with van der Waals surface area (Å²) in [5.41, 5.74) is 1.68. The first-order chi connectivity index (χ1) is 7.36. The molecular weight excluding hydrogens is 188 g/mol. The van der Waals surface area contributed by atoms with Crippen molar-refractivity contribution >= 4 is 0 Å². The number of nitrogens with one attached hydrogen (secondary N) is 1. The van der Waals surface area contributed by atoms with E-state index in [1.165, 1.54) is 6.07 Å². The molecule has 2 rings (SSSR count). The zero-order chi connectivity index (χ0) is 11.1. The summed E-state index contributed by atoms with van der Waals surface area (Å²) < 4.78 is 0. The van der Waals surface area contributed by atoms with Gasteiger partial charge in [0, 0.05) is 25.5 Å². The SMILES string of the molecule is CC.O=c1ccc(-c2ccccn2)c[nH]1.[HH]. The molecule has 0 aromatic carbocycles. The van der Waals surface area contributed by atoms with Gasteiger partial charge in [-0.05, 0) is 18.2 Å². The normalized spacial score (nSPS) is 8.93. The summed E-state index contributed by atoms with van der Waals surface area (Å²) in [7, 11) is 0. The molecule has 0 aliphatic rings. The minimum absolute atomic E-state index is 0. The van der Waals surface area contributed by atoms with Crippen LogP contribution >= 0.6 is 0 Å². The van der Waals surface area contributed by atoms with E-state index < -0.39 is 0 Å². The number of aromatic nitrogens is 2. The predicted octanol–water partition coefficient (Wildman–Crippen LogP) is 2.71. The van der Waals surface area contributed by atoms with E-state index in [1.54, 1.807) is 18.5 Å². The summed E-state index contributed by atoms with van der Waals surface area (Å²) in [5, 5.41) is 0. The van der Waals surface area contributed by atoms with Crippen LogP contribution in [0.4, 0.5) is 0 Å². The number of hydrogen-bond donors (Lipinski definition) is 1. The number of rotatable bonds is 1. The molecule has 0 spiro atoms. The van der Waals surface area contributed by atoms with Crippen molar-refractivity contribution in [3.05, 3.63) is 53.1 Å². The maximum Gasteiger partial charge on any atom is 0.247 e. The third-order valence-corrected chi connectivity index (χ3v) is 1.74. The fraction of sp³-hybridized carbons (Fsp3) is 0.167. The molecule has 2 aromatic heterocycles. The van der Waals surface area contributed by atoms with Gasteiger partial charge < -0.3 is 4.98 Å². The van der Waals surface area contributed by atoms with Crippen LogP contribution < -0.4 is 5.56 Å². The van der Waals surface area contributed by atoms with E-state index in [2.05, 4.69) is 9.97 Å². The molecule has 80 valence electrons. The number of nitrogens with zero attached hydrogens (tertiary/aromatic N) is 1. The zero-order valence-corrected chi connectivity index (χ0v) is 8.90. The lowest BCUT2D eigenvalue weighted by Gasteiger charge is -1.97. The van der Waals surface area contributed by atoms with Gasteiger partial charge >= 0.3 is 0 Å². The maximum absolute atomic E-state index is 10.8. The quantitative estimate of drug-likeness (QED) is 0.776. The average Bonchev–Trinajstić information content (AvgIpc) is 2.34. The summed E-state index contributed by atoms with van der Waals surface area (Å²) in [5.74, 6) is 0. The minimum atomic E-state index is -0.0975. The lowest BCUT2D eigenvalue weighted by Crippen LogP contribution is -2.01. The van der Waals surface area contributed by atoms with Crippen molar-refractivity contribution in [2.45, 2.75) is 13.8 Å². The van der Waals surface area contributed by atoms with Crippen LogP contribution in [0.3, 0.4) is 0 Å². The molecule has 2 aromatic rings. The predicted molar refractivity (Wildman–Crippen MR) is 63.8 cm³/mol. The molecule has 0 bridgehead atoms. The van der Waals surface area contributed by atoms with Crippen LogP contribution in [0, 0.1) is 0 Å². The zero-order valence-electron chi connectivity index (χ0n) is 8.90. The molecule has 0 amide bonds. The first kappa shape index (κ1) is 11.2. The highest BCUT2D eigenvalue weighted by atomic mass is 16.1. The molecule has 15 heavy (non-hydrogen) atoms. The molecule has 0 radical (unpaired) electrons. The monoisotopic (exact) mass is 204 g/mol. The summed E-state index contributed by atoms with van der Waals surface area (Å²) in [6.07, 6.45) is 3.38. The van der Waals surface area contributed by atoms with Crippen LogP contribution in [0.1, 0.15) is 15.3 Å². The fourth-order valence-corrected chi connectivity index (χ4v) is 1.10. The Labute approximate surface area is 90.3 Å². The summed E-state index contributed by atoms with van der Waals surface area (Å²) in [6.45, 7) is 4.00. The van der Waals surface area contributed by atoms with Crippen molar-refractivity contribution < 1.29 is 1.43 Å². The van der Waals surface area contributed by atoms with Gasteiger partial charge in [-0.25, -0.2) is 0 Å². The Kier molecular flexibility index (Phi) is 4.29. The Morgan fingerprint density at radius 3 is 2.53 bits per heavy atom. The Hall–Kier alpha value is -1.90. The number of H-pyrrole nitrogens is 1. The van der Waals surface area contributed by atoms with Crippen molar-refractivity contribution in [2.75, 3.05) is 0 Å². The molecule has 3 nitrogen and oxygen atoms in total. The van der Waals surface area contributed by atoms with Gasteiger partial charge in [-0.2, -0.15) is 0 Å². The maximum atomic E-state index is 10.8. The highest BCUT2D eigenvalue weighted by Crippen LogP contribution is 2.12. The summed E-state index contributed by atoms with van der Waals surface area (Å²) in [4.78, 5) is 17.5. The Morgan fingerprint density at radius 1 is 1.20 bits per heavy atom. The van der Waals surface area contributed by atoms with E-state index >= 15 is 0 Å². The second-order valence-electron chi connectivity index (χ2n) is 2.66. The lowest BCUT2D eigenvalue weighted by molar-refractivity contribution is 1.22. The molecule has 3 heteroatoms. The molecule has 0 atom stereocenters. The molecule has 0 aliphatic heterocycles. The van der Waals surface area contributed by atoms with Crippen molar-refractivity contribution in [1.29, 1.82) is 0 Å². The fourth-order valence-electron chi connectivity index (χ4n) is 1.10. The molecule has 0 aliphatic carbocycles. The van der Waals surface area contributed by atoms with E-state index in [1.807, 2.05) is 32.0 Å². The van der Waals surface area contributed by atoms with Crippen LogP contribution in [-0.2, 0) is 0 Å². The van der Waals surface area contributed by atoms with Crippen LogP contribution in [-0.4, -0.2) is 9.97 Å². The average molecular weight is 204 g/mol. The van der Waals surface area contributed by atoms with Crippen LogP contribution in [0.25, 0.3) is 11.3 Å². The topological polar surface area (TPSA) is 45.8 Å². The molecule has 0 fully saturated rings. The highest BCUT2D eigenvalue weighted by Gasteiger charge is 1.95. The smallest absolute Gasteiger partial charge is 0.247 e. The van der Waals surface area contributed by atoms with Gasteiger partial charge in [-0.1, -0.05) is 19.9 Å². The number of hydrogen-bond acceptors (Lipinski definition) is 2. The van der Waals surface area contributed by atoms with Crippen molar-refractivity contribution in [3.63, 3.8) is 0 Å². The second kappa shape index (κ2) is 5.75. The Morgan fingerprint density at radius 2 is 2.00 bits per heavy atom. The minimum Gasteiger partial charge on any atom is -0.328 e. The molecule has 0 unspecified atom stereocenters. The summed E-state index contributed by atoms with van der Waals surface area (Å²) >= 11 is 0. The molecule has 2 heterocycles. The van der Waals surface area contributed by atoms with E-state index in [9.17, 15) is 4.79 Å². The van der Waals surface area contributed by atoms with Gasteiger partial charge in [0.2, 0.25) is 5.56 Å². The Bertz CT molecular complexity index is 434. The van der Waals surface area contributed by atoms with Gasteiger partial charge in [0.1, 0.15) is 0 Å². The third kappa shape index (κ3) is 3.06. The van der Waals surface area contributed by atoms with E-state index in [0.29, 0.717) is 0 Å². The van der Waals surface area contributed by atoms with Crippen LogP contribution in [0.15, 0.2) is 47.5 Å². The van der Waals surface area contributed by atoms with E-state index in [0.717, 1.165) is 11.3 Å². The van der Waals surface area contributed by atoms with Gasteiger partial charge in [0.25, 0.3) is 0 Å². The largest absolute Gasteiger partial charge is 0.328 e. The standard InChI is InChI=1S/C10H8N2O.C2H6.H2/c13-10-5-4-8(7-12-10)9-3-1-2-6-11-9;1-2;/h1-7H,(H,12,13);1-2H3;1H. The highest BCUT2D eigenvalue weighted by molar-refractivity contribution is 5.56. The second-order valence-corrected chi connectivity index (χ2v) is 2.66.